The molecule has 3 rings (SSSR count). The van der Waals surface area contributed by atoms with E-state index in [4.69, 9.17) is 23.2 Å². The molecule has 0 atom stereocenters. The molecule has 0 aliphatic carbocycles. The Morgan fingerprint density at radius 2 is 1.83 bits per heavy atom. The number of hydrogen-bond donors (Lipinski definition) is 2. The summed E-state index contributed by atoms with van der Waals surface area (Å²) >= 11 is 13.2. The van der Waals surface area contributed by atoms with Gasteiger partial charge in [-0.3, -0.25) is 4.79 Å². The maximum Gasteiger partial charge on any atom is 0.263 e. The number of thioether (sulfide) groups is 1. The van der Waals surface area contributed by atoms with E-state index in [0.29, 0.717) is 26.5 Å². The molecule has 7 heteroatoms. The predicted molar refractivity (Wildman–Crippen MR) is 98.0 cm³/mol. The van der Waals surface area contributed by atoms with Crippen LogP contribution < -0.4 is 5.56 Å². The van der Waals surface area contributed by atoms with Gasteiger partial charge in [-0.2, -0.15) is 4.98 Å². The number of nitrogens with zero attached hydrogens (tertiary/aromatic N) is 1. The Kier molecular flexibility index (Phi) is 5.14. The minimum atomic E-state index is -0.384. The van der Waals surface area contributed by atoms with Crippen LogP contribution in [0.25, 0.3) is 11.1 Å². The molecule has 0 fully saturated rings. The summed E-state index contributed by atoms with van der Waals surface area (Å²) in [7, 11) is 0. The van der Waals surface area contributed by atoms with E-state index >= 15 is 0 Å². The fourth-order valence-corrected chi connectivity index (χ4v) is 3.28. The highest BCUT2D eigenvalue weighted by atomic mass is 35.5. The Bertz CT molecular complexity index is 930. The molecule has 3 aromatic rings. The maximum atomic E-state index is 12.3. The molecule has 0 saturated carbocycles. The van der Waals surface area contributed by atoms with E-state index in [-0.39, 0.29) is 17.0 Å². The highest BCUT2D eigenvalue weighted by Gasteiger charge is 2.13. The van der Waals surface area contributed by atoms with Gasteiger partial charge in [0, 0.05) is 5.75 Å². The number of aromatic nitrogens is 2. The molecule has 1 heterocycles. The van der Waals surface area contributed by atoms with Gasteiger partial charge in [0.05, 0.1) is 10.0 Å². The van der Waals surface area contributed by atoms with Crippen LogP contribution in [0.1, 0.15) is 5.56 Å². The fraction of sp³-hybridized carbons (Fsp3) is 0.0588. The van der Waals surface area contributed by atoms with E-state index in [9.17, 15) is 9.90 Å². The molecule has 0 amide bonds. The topological polar surface area (TPSA) is 66.0 Å². The van der Waals surface area contributed by atoms with Gasteiger partial charge in [-0.05, 0) is 23.3 Å². The van der Waals surface area contributed by atoms with Crippen LogP contribution in [0.3, 0.4) is 0 Å². The molecule has 0 saturated heterocycles. The fourth-order valence-electron chi connectivity index (χ4n) is 2.16. The van der Waals surface area contributed by atoms with E-state index in [1.165, 1.54) is 11.8 Å². The first-order chi connectivity index (χ1) is 11.5. The van der Waals surface area contributed by atoms with Gasteiger partial charge in [0.2, 0.25) is 5.88 Å². The van der Waals surface area contributed by atoms with Crippen molar-refractivity contribution in [3.05, 3.63) is 74.5 Å². The van der Waals surface area contributed by atoms with E-state index < -0.39 is 0 Å². The zero-order valence-electron chi connectivity index (χ0n) is 12.3. The van der Waals surface area contributed by atoms with Crippen molar-refractivity contribution in [1.29, 1.82) is 0 Å². The highest BCUT2D eigenvalue weighted by molar-refractivity contribution is 7.98. The summed E-state index contributed by atoms with van der Waals surface area (Å²) in [4.78, 5) is 19.0. The van der Waals surface area contributed by atoms with E-state index in [2.05, 4.69) is 9.97 Å². The first-order valence-electron chi connectivity index (χ1n) is 7.00. The second-order valence-electron chi connectivity index (χ2n) is 4.97. The van der Waals surface area contributed by atoms with Crippen LogP contribution in [0.15, 0.2) is 58.5 Å². The number of benzene rings is 2. The predicted octanol–water partition coefficient (Wildman–Crippen LogP) is 4.74. The zero-order valence-corrected chi connectivity index (χ0v) is 14.6. The lowest BCUT2D eigenvalue weighted by atomic mass is 10.1. The molecule has 1 aromatic heterocycles. The Labute approximate surface area is 152 Å². The van der Waals surface area contributed by atoms with Crippen molar-refractivity contribution in [2.45, 2.75) is 10.9 Å². The first kappa shape index (κ1) is 16.9. The molecule has 0 spiro atoms. The van der Waals surface area contributed by atoms with Crippen LogP contribution in [0, 0.1) is 0 Å². The number of H-pyrrole nitrogens is 1. The monoisotopic (exact) mass is 378 g/mol. The first-order valence-corrected chi connectivity index (χ1v) is 8.74. The molecule has 0 unspecified atom stereocenters. The molecule has 2 aromatic carbocycles. The lowest BCUT2D eigenvalue weighted by Crippen LogP contribution is -2.11. The lowest BCUT2D eigenvalue weighted by molar-refractivity contribution is 0.446. The molecule has 4 nitrogen and oxygen atoms in total. The average Bonchev–Trinajstić information content (AvgIpc) is 2.56. The molecular weight excluding hydrogens is 367 g/mol. The molecule has 122 valence electrons. The van der Waals surface area contributed by atoms with E-state index in [1.807, 2.05) is 12.1 Å². The molecular formula is C17H12Cl2N2O2S. The normalized spacial score (nSPS) is 10.8. The third kappa shape index (κ3) is 3.75. The quantitative estimate of drug-likeness (QED) is 0.508. The van der Waals surface area contributed by atoms with Crippen LogP contribution >= 0.6 is 35.0 Å². The summed E-state index contributed by atoms with van der Waals surface area (Å²) < 4.78 is 0. The molecule has 0 bridgehead atoms. The maximum absolute atomic E-state index is 12.3. The third-order valence-corrected chi connectivity index (χ3v) is 4.98. The third-order valence-electron chi connectivity index (χ3n) is 3.30. The highest BCUT2D eigenvalue weighted by Crippen LogP contribution is 2.28. The Balaban J connectivity index is 1.83. The smallest absolute Gasteiger partial charge is 0.263 e. The summed E-state index contributed by atoms with van der Waals surface area (Å²) in [5, 5.41) is 11.4. The van der Waals surface area contributed by atoms with Gasteiger partial charge in [0.1, 0.15) is 5.56 Å². The van der Waals surface area contributed by atoms with E-state index in [1.54, 1.807) is 36.4 Å². The number of aromatic hydroxyl groups is 1. The van der Waals surface area contributed by atoms with Gasteiger partial charge in [-0.1, -0.05) is 71.4 Å². The van der Waals surface area contributed by atoms with Crippen molar-refractivity contribution in [2.24, 2.45) is 0 Å². The second kappa shape index (κ2) is 7.30. The summed E-state index contributed by atoms with van der Waals surface area (Å²) in [6, 6.07) is 14.2. The van der Waals surface area contributed by atoms with Crippen molar-refractivity contribution in [2.75, 3.05) is 0 Å². The summed E-state index contributed by atoms with van der Waals surface area (Å²) in [6.07, 6.45) is 0. The van der Waals surface area contributed by atoms with Crippen LogP contribution in [0.4, 0.5) is 0 Å². The number of rotatable bonds is 4. The number of nitrogens with one attached hydrogen (secondary N) is 1. The van der Waals surface area contributed by atoms with Crippen molar-refractivity contribution in [1.82, 2.24) is 9.97 Å². The van der Waals surface area contributed by atoms with Crippen LogP contribution in [-0.4, -0.2) is 15.1 Å². The molecule has 2 N–H and O–H groups in total. The van der Waals surface area contributed by atoms with Crippen LogP contribution in [0.2, 0.25) is 10.0 Å². The largest absolute Gasteiger partial charge is 0.493 e. The van der Waals surface area contributed by atoms with Crippen molar-refractivity contribution >= 4 is 35.0 Å². The lowest BCUT2D eigenvalue weighted by Gasteiger charge is -2.06. The minimum absolute atomic E-state index is 0.162. The zero-order chi connectivity index (χ0) is 17.1. The Hall–Kier alpha value is -1.95. The van der Waals surface area contributed by atoms with Gasteiger partial charge >= 0.3 is 0 Å². The molecule has 0 aliphatic heterocycles. The van der Waals surface area contributed by atoms with Crippen LogP contribution in [-0.2, 0) is 5.75 Å². The molecule has 0 radical (unpaired) electrons. The number of halogens is 2. The standard InChI is InChI=1S/C17H12Cl2N2O2S/c18-12-7-6-10(8-13(12)19)9-24-17-20-15(22)14(16(23)21-17)11-4-2-1-3-5-11/h1-8H,9H2,(H2,20,21,22,23). The SMILES string of the molecule is O=c1[nH]c(SCc2ccc(Cl)c(Cl)c2)nc(O)c1-c1ccccc1. The average molecular weight is 379 g/mol. The number of aromatic amines is 1. The van der Waals surface area contributed by atoms with Crippen molar-refractivity contribution < 1.29 is 5.11 Å². The van der Waals surface area contributed by atoms with Gasteiger partial charge in [0.15, 0.2) is 5.16 Å². The van der Waals surface area contributed by atoms with Crippen LogP contribution in [0.5, 0.6) is 5.88 Å². The Morgan fingerprint density at radius 3 is 2.50 bits per heavy atom. The Morgan fingerprint density at radius 1 is 1.08 bits per heavy atom. The molecule has 24 heavy (non-hydrogen) atoms. The van der Waals surface area contributed by atoms with Gasteiger partial charge in [-0.15, -0.1) is 0 Å². The summed E-state index contributed by atoms with van der Waals surface area (Å²) in [5.74, 6) is 0.242. The van der Waals surface area contributed by atoms with Crippen molar-refractivity contribution in [3.8, 4) is 17.0 Å². The summed E-state index contributed by atoms with van der Waals surface area (Å²) in [6.45, 7) is 0. The number of hydrogen-bond acceptors (Lipinski definition) is 4. The van der Waals surface area contributed by atoms with Gasteiger partial charge in [0.25, 0.3) is 5.56 Å². The summed E-state index contributed by atoms with van der Waals surface area (Å²) in [5.41, 5.74) is 1.33. The second-order valence-corrected chi connectivity index (χ2v) is 6.75. The minimum Gasteiger partial charge on any atom is -0.493 e. The molecule has 0 aliphatic rings. The van der Waals surface area contributed by atoms with Crippen molar-refractivity contribution in [3.63, 3.8) is 0 Å². The van der Waals surface area contributed by atoms with Gasteiger partial charge < -0.3 is 10.1 Å². The van der Waals surface area contributed by atoms with Gasteiger partial charge in [-0.25, -0.2) is 0 Å². The van der Waals surface area contributed by atoms with E-state index in [0.717, 1.165) is 5.56 Å².